The van der Waals surface area contributed by atoms with Gasteiger partial charge in [0.25, 0.3) is 0 Å². The molecule has 0 saturated heterocycles. The largest absolute Gasteiger partial charge is 0.451 e. The van der Waals surface area contributed by atoms with Crippen LogP contribution in [-0.4, -0.2) is 19.7 Å². The molecule has 0 saturated carbocycles. The molecule has 0 spiro atoms. The number of rotatable bonds is 3. The van der Waals surface area contributed by atoms with Crippen LogP contribution in [0.3, 0.4) is 0 Å². The van der Waals surface area contributed by atoms with Crippen LogP contribution >= 0.6 is 11.8 Å². The first-order valence-corrected chi connectivity index (χ1v) is 5.79. The van der Waals surface area contributed by atoms with E-state index in [0.29, 0.717) is 4.90 Å². The summed E-state index contributed by atoms with van der Waals surface area (Å²) in [6.45, 7) is 0. The second-order valence-electron chi connectivity index (χ2n) is 3.51. The smallest absolute Gasteiger partial charge is 0.308 e. The molecule has 2 rings (SSSR count). The van der Waals surface area contributed by atoms with Gasteiger partial charge in [-0.25, -0.2) is 15.8 Å². The van der Waals surface area contributed by atoms with E-state index < -0.39 is 12.0 Å². The van der Waals surface area contributed by atoms with Crippen LogP contribution in [0.25, 0.3) is 0 Å². The van der Waals surface area contributed by atoms with E-state index in [9.17, 15) is 13.2 Å². The van der Waals surface area contributed by atoms with Gasteiger partial charge in [0.05, 0.1) is 11.1 Å². The number of hydrogen-bond donors (Lipinski definition) is 2. The van der Waals surface area contributed by atoms with Crippen LogP contribution in [0.15, 0.2) is 28.4 Å². The van der Waals surface area contributed by atoms with E-state index in [1.54, 1.807) is 13.2 Å². The fourth-order valence-electron chi connectivity index (χ4n) is 1.25. The van der Waals surface area contributed by atoms with Crippen LogP contribution in [0.2, 0.25) is 0 Å². The molecule has 2 aromatic heterocycles. The standard InChI is InChI=1S/C9H9F3N6S/c1-18-4-5(3-14-18)19-7-2-6(17-13)15-8(16-7)9(10,11)12/h2-4H,13H2,1H3,(H,15,16,17). The van der Waals surface area contributed by atoms with Crippen molar-refractivity contribution in [1.82, 2.24) is 19.7 Å². The molecular weight excluding hydrogens is 281 g/mol. The third-order valence-corrected chi connectivity index (χ3v) is 2.87. The first-order valence-electron chi connectivity index (χ1n) is 4.98. The van der Waals surface area contributed by atoms with E-state index in [1.165, 1.54) is 16.9 Å². The van der Waals surface area contributed by atoms with Gasteiger partial charge in [-0.15, -0.1) is 0 Å². The van der Waals surface area contributed by atoms with Crippen molar-refractivity contribution >= 4 is 17.6 Å². The molecule has 2 heterocycles. The second-order valence-corrected chi connectivity index (χ2v) is 4.60. The van der Waals surface area contributed by atoms with Crippen LogP contribution in [-0.2, 0) is 13.2 Å². The van der Waals surface area contributed by atoms with Gasteiger partial charge in [0, 0.05) is 19.3 Å². The number of halogens is 3. The molecule has 0 bridgehead atoms. The maximum absolute atomic E-state index is 12.6. The Bertz CT molecular complexity index is 582. The van der Waals surface area contributed by atoms with Gasteiger partial charge in [-0.1, -0.05) is 11.8 Å². The van der Waals surface area contributed by atoms with Crippen molar-refractivity contribution in [3.8, 4) is 0 Å². The number of hydrazine groups is 1. The Morgan fingerprint density at radius 1 is 1.37 bits per heavy atom. The third kappa shape index (κ3) is 3.35. The number of aromatic nitrogens is 4. The summed E-state index contributed by atoms with van der Waals surface area (Å²) < 4.78 is 39.4. The number of nitrogens with two attached hydrogens (primary N) is 1. The van der Waals surface area contributed by atoms with Gasteiger partial charge in [0.1, 0.15) is 10.8 Å². The molecule has 6 nitrogen and oxygen atoms in total. The number of anilines is 1. The van der Waals surface area contributed by atoms with Gasteiger partial charge < -0.3 is 5.43 Å². The fourth-order valence-corrected chi connectivity index (χ4v) is 2.10. The summed E-state index contributed by atoms with van der Waals surface area (Å²) in [4.78, 5) is 7.38. The van der Waals surface area contributed by atoms with E-state index in [2.05, 4.69) is 20.5 Å². The topological polar surface area (TPSA) is 81.7 Å². The summed E-state index contributed by atoms with van der Waals surface area (Å²) in [6.07, 6.45) is -1.44. The van der Waals surface area contributed by atoms with Crippen molar-refractivity contribution in [3.05, 3.63) is 24.3 Å². The summed E-state index contributed by atoms with van der Waals surface area (Å²) in [6, 6.07) is 1.33. The highest BCUT2D eigenvalue weighted by Gasteiger charge is 2.35. The third-order valence-electron chi connectivity index (χ3n) is 2.01. The Morgan fingerprint density at radius 3 is 2.63 bits per heavy atom. The molecule has 0 radical (unpaired) electrons. The van der Waals surface area contributed by atoms with Crippen LogP contribution < -0.4 is 11.3 Å². The molecule has 10 heteroatoms. The molecule has 0 aliphatic rings. The van der Waals surface area contributed by atoms with Crippen LogP contribution in [0, 0.1) is 0 Å². The monoisotopic (exact) mass is 290 g/mol. The summed E-state index contributed by atoms with van der Waals surface area (Å²) in [5.74, 6) is 3.75. The number of nitrogens with zero attached hydrogens (tertiary/aromatic N) is 4. The van der Waals surface area contributed by atoms with Crippen molar-refractivity contribution in [1.29, 1.82) is 0 Å². The van der Waals surface area contributed by atoms with E-state index >= 15 is 0 Å². The molecule has 2 aromatic rings. The minimum atomic E-state index is -4.63. The van der Waals surface area contributed by atoms with Crippen molar-refractivity contribution < 1.29 is 13.2 Å². The van der Waals surface area contributed by atoms with Crippen LogP contribution in [0.5, 0.6) is 0 Å². The zero-order valence-corrected chi connectivity index (χ0v) is 10.5. The molecule has 102 valence electrons. The lowest BCUT2D eigenvalue weighted by atomic mass is 10.5. The van der Waals surface area contributed by atoms with Gasteiger partial charge in [0.2, 0.25) is 5.82 Å². The number of hydrogen-bond acceptors (Lipinski definition) is 6. The molecule has 0 aliphatic carbocycles. The number of alkyl halides is 3. The molecule has 0 aliphatic heterocycles. The lowest BCUT2D eigenvalue weighted by Gasteiger charge is -2.08. The van der Waals surface area contributed by atoms with Gasteiger partial charge in [-0.05, 0) is 0 Å². The first kappa shape index (κ1) is 13.6. The van der Waals surface area contributed by atoms with Gasteiger partial charge in [-0.3, -0.25) is 4.68 Å². The maximum Gasteiger partial charge on any atom is 0.451 e. The van der Waals surface area contributed by atoms with Crippen LogP contribution in [0.1, 0.15) is 5.82 Å². The number of nitrogens with one attached hydrogen (secondary N) is 1. The van der Waals surface area contributed by atoms with E-state index in [0.717, 1.165) is 11.8 Å². The Kier molecular flexibility index (Phi) is 3.62. The summed E-state index contributed by atoms with van der Waals surface area (Å²) in [5.41, 5.74) is 2.09. The number of aryl methyl sites for hydroxylation is 1. The van der Waals surface area contributed by atoms with Crippen molar-refractivity contribution in [2.75, 3.05) is 5.43 Å². The average Bonchev–Trinajstić information content (AvgIpc) is 2.73. The first-order chi connectivity index (χ1) is 8.88. The zero-order chi connectivity index (χ0) is 14.0. The highest BCUT2D eigenvalue weighted by atomic mass is 32.2. The van der Waals surface area contributed by atoms with Crippen molar-refractivity contribution in [2.45, 2.75) is 16.1 Å². The Hall–Kier alpha value is -1.81. The van der Waals surface area contributed by atoms with Crippen molar-refractivity contribution in [3.63, 3.8) is 0 Å². The highest BCUT2D eigenvalue weighted by Crippen LogP contribution is 2.31. The predicted molar refractivity (Wildman–Crippen MR) is 62.2 cm³/mol. The molecular formula is C9H9F3N6S. The van der Waals surface area contributed by atoms with Crippen LogP contribution in [0.4, 0.5) is 19.0 Å². The Labute approximate surface area is 110 Å². The molecule has 0 fully saturated rings. The Balaban J connectivity index is 2.34. The minimum Gasteiger partial charge on any atom is -0.308 e. The summed E-state index contributed by atoms with van der Waals surface area (Å²) in [5, 5.41) is 4.04. The van der Waals surface area contributed by atoms with Gasteiger partial charge in [0.15, 0.2) is 0 Å². The lowest BCUT2D eigenvalue weighted by Crippen LogP contribution is -2.16. The van der Waals surface area contributed by atoms with E-state index in [-0.39, 0.29) is 10.8 Å². The molecule has 0 unspecified atom stereocenters. The minimum absolute atomic E-state index is 0.103. The van der Waals surface area contributed by atoms with Crippen molar-refractivity contribution in [2.24, 2.45) is 12.9 Å². The summed E-state index contributed by atoms with van der Waals surface area (Å²) >= 11 is 1.04. The SMILES string of the molecule is Cn1cc(Sc2cc(NN)nc(C(F)(F)F)n2)cn1. The lowest BCUT2D eigenvalue weighted by molar-refractivity contribution is -0.145. The molecule has 0 aromatic carbocycles. The zero-order valence-electron chi connectivity index (χ0n) is 9.64. The van der Waals surface area contributed by atoms with Gasteiger partial charge in [-0.2, -0.15) is 18.3 Å². The Morgan fingerprint density at radius 2 is 2.11 bits per heavy atom. The predicted octanol–water partition coefficient (Wildman–Crippen LogP) is 1.67. The normalized spacial score (nSPS) is 11.6. The van der Waals surface area contributed by atoms with Gasteiger partial charge >= 0.3 is 6.18 Å². The quantitative estimate of drug-likeness (QED) is 0.508. The maximum atomic E-state index is 12.6. The molecule has 3 N–H and O–H groups in total. The highest BCUT2D eigenvalue weighted by molar-refractivity contribution is 7.99. The molecule has 0 atom stereocenters. The number of nitrogen functional groups attached to an aromatic ring is 1. The summed E-state index contributed by atoms with van der Waals surface area (Å²) in [7, 11) is 1.71. The van der Waals surface area contributed by atoms with E-state index in [4.69, 9.17) is 5.84 Å². The van der Waals surface area contributed by atoms with E-state index in [1.807, 2.05) is 0 Å². The molecule has 0 amide bonds. The molecule has 19 heavy (non-hydrogen) atoms. The fraction of sp³-hybridized carbons (Fsp3) is 0.222. The second kappa shape index (κ2) is 5.05. The average molecular weight is 290 g/mol.